The summed E-state index contributed by atoms with van der Waals surface area (Å²) in [6.07, 6.45) is 1.03. The van der Waals surface area contributed by atoms with Crippen LogP contribution in [0, 0.1) is 0 Å². The van der Waals surface area contributed by atoms with E-state index in [1.165, 1.54) is 0 Å². The number of rotatable bonds is 6. The molecule has 0 saturated heterocycles. The molecule has 0 aliphatic rings. The van der Waals surface area contributed by atoms with Crippen LogP contribution >= 0.6 is 11.6 Å². The van der Waals surface area contributed by atoms with E-state index in [0.717, 1.165) is 52.5 Å². The molecule has 0 amide bonds. The first-order valence-corrected chi connectivity index (χ1v) is 8.04. The maximum absolute atomic E-state index is 6.18. The van der Waals surface area contributed by atoms with Crippen molar-refractivity contribution in [1.82, 2.24) is 10.3 Å². The molecule has 0 atom stereocenters. The Labute approximate surface area is 140 Å². The predicted molar refractivity (Wildman–Crippen MR) is 97.9 cm³/mol. The number of fused-ring (bicyclic) bond motifs is 1. The van der Waals surface area contributed by atoms with E-state index in [0.29, 0.717) is 5.02 Å². The number of furan rings is 1. The van der Waals surface area contributed by atoms with Crippen LogP contribution in [0.4, 0.5) is 5.88 Å². The second kappa shape index (κ2) is 6.42. The number of benzene rings is 1. The fourth-order valence-corrected chi connectivity index (χ4v) is 2.81. The second-order valence-electron chi connectivity index (χ2n) is 5.38. The Morgan fingerprint density at radius 3 is 2.83 bits per heavy atom. The van der Waals surface area contributed by atoms with Crippen LogP contribution in [0.5, 0.6) is 0 Å². The Hall–Kier alpha value is -2.33. The topological polar surface area (TPSA) is 53.0 Å². The minimum Gasteiger partial charge on any atom is -0.439 e. The van der Waals surface area contributed by atoms with E-state index < -0.39 is 0 Å². The largest absolute Gasteiger partial charge is 0.439 e. The van der Waals surface area contributed by atoms with E-state index in [9.17, 15) is 0 Å². The molecule has 0 saturated carbocycles. The molecule has 0 aliphatic heterocycles. The smallest absolute Gasteiger partial charge is 0.193 e. The van der Waals surface area contributed by atoms with Crippen LogP contribution in [0.25, 0.3) is 28.1 Å². The highest BCUT2D eigenvalue weighted by atomic mass is 35.5. The first-order chi connectivity index (χ1) is 11.1. The molecule has 4 nitrogen and oxygen atoms in total. The zero-order chi connectivity index (χ0) is 16.4. The van der Waals surface area contributed by atoms with Crippen LogP contribution in [0.2, 0.25) is 5.02 Å². The van der Waals surface area contributed by atoms with Gasteiger partial charge in [0.25, 0.3) is 0 Å². The van der Waals surface area contributed by atoms with Crippen LogP contribution in [-0.2, 0) is 0 Å². The van der Waals surface area contributed by atoms with Gasteiger partial charge in [-0.05, 0) is 30.7 Å². The van der Waals surface area contributed by atoms with Gasteiger partial charge in [-0.2, -0.15) is 0 Å². The molecule has 1 aromatic carbocycles. The first kappa shape index (κ1) is 15.6. The van der Waals surface area contributed by atoms with Crippen LogP contribution < -0.4 is 10.6 Å². The zero-order valence-corrected chi connectivity index (χ0v) is 14.1. The molecular weight excluding hydrogens is 310 g/mol. The zero-order valence-electron chi connectivity index (χ0n) is 13.3. The van der Waals surface area contributed by atoms with Crippen molar-refractivity contribution in [3.8, 4) is 11.5 Å². The van der Waals surface area contributed by atoms with Gasteiger partial charge in [-0.3, -0.25) is 0 Å². The quantitative estimate of drug-likeness (QED) is 0.590. The molecular formula is C18H20ClN3O. The Kier molecular flexibility index (Phi) is 4.35. The molecule has 2 aromatic heterocycles. The number of hydrogen-bond donors (Lipinski definition) is 3. The molecule has 120 valence electrons. The van der Waals surface area contributed by atoms with E-state index >= 15 is 0 Å². The van der Waals surface area contributed by atoms with Crippen molar-refractivity contribution in [2.45, 2.75) is 13.3 Å². The molecule has 0 unspecified atom stereocenters. The number of anilines is 1. The normalized spacial score (nSPS) is 10.9. The van der Waals surface area contributed by atoms with Crippen molar-refractivity contribution in [2.75, 3.05) is 18.9 Å². The highest BCUT2D eigenvalue weighted by Crippen LogP contribution is 2.36. The molecule has 3 rings (SSSR count). The standard InChI is InChI=1S/C18H20ClN3O/c1-4-9-21-11(2)17-13-10-12(19)5-6-14(13)22-18(17)15-7-8-16(20-3)23-15/h5-8,10,20-22H,2,4,9H2,1,3H3. The van der Waals surface area contributed by atoms with Crippen molar-refractivity contribution >= 4 is 34.1 Å². The highest BCUT2D eigenvalue weighted by molar-refractivity contribution is 6.31. The van der Waals surface area contributed by atoms with Crippen molar-refractivity contribution in [1.29, 1.82) is 0 Å². The van der Waals surface area contributed by atoms with Gasteiger partial charge in [0.05, 0.1) is 5.69 Å². The summed E-state index contributed by atoms with van der Waals surface area (Å²) < 4.78 is 5.83. The molecule has 0 bridgehead atoms. The van der Waals surface area contributed by atoms with Crippen LogP contribution in [0.1, 0.15) is 18.9 Å². The average molecular weight is 330 g/mol. The number of aromatic nitrogens is 1. The molecule has 3 N–H and O–H groups in total. The lowest BCUT2D eigenvalue weighted by Gasteiger charge is -2.10. The van der Waals surface area contributed by atoms with E-state index in [4.69, 9.17) is 16.0 Å². The summed E-state index contributed by atoms with van der Waals surface area (Å²) >= 11 is 6.18. The fraction of sp³-hybridized carbons (Fsp3) is 0.222. The summed E-state index contributed by atoms with van der Waals surface area (Å²) in [4.78, 5) is 3.42. The van der Waals surface area contributed by atoms with Crippen molar-refractivity contribution < 1.29 is 4.42 Å². The fourth-order valence-electron chi connectivity index (χ4n) is 2.63. The molecule has 23 heavy (non-hydrogen) atoms. The number of hydrogen-bond acceptors (Lipinski definition) is 3. The van der Waals surface area contributed by atoms with Crippen LogP contribution in [0.15, 0.2) is 41.3 Å². The highest BCUT2D eigenvalue weighted by Gasteiger charge is 2.18. The van der Waals surface area contributed by atoms with Gasteiger partial charge in [-0.15, -0.1) is 0 Å². The summed E-state index contributed by atoms with van der Waals surface area (Å²) in [6.45, 7) is 7.19. The molecule has 0 fully saturated rings. The average Bonchev–Trinajstić information content (AvgIpc) is 3.16. The Morgan fingerprint density at radius 2 is 2.13 bits per heavy atom. The Bertz CT molecular complexity index is 847. The van der Waals surface area contributed by atoms with Gasteiger partial charge in [-0.1, -0.05) is 25.1 Å². The summed E-state index contributed by atoms with van der Waals surface area (Å²) in [5.74, 6) is 1.48. The van der Waals surface area contributed by atoms with Gasteiger partial charge >= 0.3 is 0 Å². The SMILES string of the molecule is C=C(NCCC)c1c(-c2ccc(NC)o2)[nH]c2ccc(Cl)cc12. The second-order valence-corrected chi connectivity index (χ2v) is 5.82. The van der Waals surface area contributed by atoms with Crippen molar-refractivity contribution in [3.63, 3.8) is 0 Å². The van der Waals surface area contributed by atoms with Crippen molar-refractivity contribution in [2.24, 2.45) is 0 Å². The molecule has 5 heteroatoms. The molecule has 0 aliphatic carbocycles. The lowest BCUT2D eigenvalue weighted by atomic mass is 10.1. The molecule has 0 spiro atoms. The summed E-state index contributed by atoms with van der Waals surface area (Å²) in [6, 6.07) is 9.64. The van der Waals surface area contributed by atoms with E-state index in [1.807, 2.05) is 37.4 Å². The molecule has 3 aromatic rings. The Balaban J connectivity index is 2.17. The van der Waals surface area contributed by atoms with Crippen molar-refractivity contribution in [3.05, 3.63) is 47.5 Å². The van der Waals surface area contributed by atoms with Crippen LogP contribution in [0.3, 0.4) is 0 Å². The monoisotopic (exact) mass is 329 g/mol. The van der Waals surface area contributed by atoms with Gasteiger partial charge in [-0.25, -0.2) is 0 Å². The minimum absolute atomic E-state index is 0.697. The van der Waals surface area contributed by atoms with Gasteiger partial charge in [0.15, 0.2) is 11.6 Å². The lowest BCUT2D eigenvalue weighted by molar-refractivity contribution is 0.596. The number of nitrogens with one attached hydrogen (secondary N) is 3. The first-order valence-electron chi connectivity index (χ1n) is 7.66. The lowest BCUT2D eigenvalue weighted by Crippen LogP contribution is -2.12. The van der Waals surface area contributed by atoms with Gasteiger partial charge in [0, 0.05) is 46.8 Å². The van der Waals surface area contributed by atoms with Gasteiger partial charge < -0.3 is 20.0 Å². The summed E-state index contributed by atoms with van der Waals surface area (Å²) in [7, 11) is 1.83. The van der Waals surface area contributed by atoms with E-state index in [-0.39, 0.29) is 0 Å². The van der Waals surface area contributed by atoms with Gasteiger partial charge in [0.2, 0.25) is 0 Å². The van der Waals surface area contributed by atoms with Gasteiger partial charge in [0.1, 0.15) is 0 Å². The molecule has 2 heterocycles. The van der Waals surface area contributed by atoms with Crippen LogP contribution in [-0.4, -0.2) is 18.6 Å². The third-order valence-corrected chi connectivity index (χ3v) is 3.98. The van der Waals surface area contributed by atoms with E-state index in [2.05, 4.69) is 29.1 Å². The maximum Gasteiger partial charge on any atom is 0.193 e. The molecule has 0 radical (unpaired) electrons. The Morgan fingerprint density at radius 1 is 1.30 bits per heavy atom. The maximum atomic E-state index is 6.18. The number of H-pyrrole nitrogens is 1. The predicted octanol–water partition coefficient (Wildman–Crippen LogP) is 5.09. The third-order valence-electron chi connectivity index (χ3n) is 3.75. The summed E-state index contributed by atoms with van der Waals surface area (Å²) in [5.41, 5.74) is 3.75. The summed E-state index contributed by atoms with van der Waals surface area (Å²) in [5, 5.41) is 8.09. The van der Waals surface area contributed by atoms with E-state index in [1.54, 1.807) is 0 Å². The number of aromatic amines is 1. The number of halogens is 1. The minimum atomic E-state index is 0.697. The third kappa shape index (κ3) is 2.94.